The van der Waals surface area contributed by atoms with E-state index in [2.05, 4.69) is 42.9 Å². The van der Waals surface area contributed by atoms with Crippen LogP contribution in [0.2, 0.25) is 0 Å². The van der Waals surface area contributed by atoms with Crippen LogP contribution >= 0.6 is 0 Å². The fourth-order valence-electron chi connectivity index (χ4n) is 4.26. The molecule has 0 saturated carbocycles. The molecule has 0 spiro atoms. The molecule has 1 atom stereocenters. The molecule has 1 N–H and O–H groups in total. The summed E-state index contributed by atoms with van der Waals surface area (Å²) in [6.07, 6.45) is 7.79. The molecule has 5 nitrogen and oxygen atoms in total. The Bertz CT molecular complexity index is 679. The van der Waals surface area contributed by atoms with E-state index >= 15 is 0 Å². The van der Waals surface area contributed by atoms with Crippen molar-refractivity contribution in [3.8, 4) is 11.5 Å². The predicted molar refractivity (Wildman–Crippen MR) is 124 cm³/mol. The topological polar surface area (TPSA) is 45.2 Å². The fourth-order valence-corrected chi connectivity index (χ4v) is 4.26. The highest BCUT2D eigenvalue weighted by molar-refractivity contribution is 5.43. The van der Waals surface area contributed by atoms with Crippen LogP contribution in [0.15, 0.2) is 43.5 Å². The normalized spacial score (nSPS) is 17.3. The van der Waals surface area contributed by atoms with E-state index < -0.39 is 6.10 Å². The third-order valence-corrected chi connectivity index (χ3v) is 6.20. The van der Waals surface area contributed by atoms with Gasteiger partial charge in [-0.25, -0.2) is 0 Å². The van der Waals surface area contributed by atoms with Crippen LogP contribution in [0.5, 0.6) is 11.5 Å². The van der Waals surface area contributed by atoms with Gasteiger partial charge in [0.05, 0.1) is 7.11 Å². The molecule has 0 aliphatic carbocycles. The van der Waals surface area contributed by atoms with E-state index in [4.69, 9.17) is 9.47 Å². The maximum Gasteiger partial charge on any atom is 0.161 e. The number of methoxy groups -OCH3 is 1. The minimum Gasteiger partial charge on any atom is -0.493 e. The minimum atomic E-state index is -0.558. The lowest BCUT2D eigenvalue weighted by Crippen LogP contribution is -2.42. The van der Waals surface area contributed by atoms with Gasteiger partial charge in [-0.2, -0.15) is 0 Å². The Hall–Kier alpha value is -1.82. The Balaban J connectivity index is 2.09. The highest BCUT2D eigenvalue weighted by atomic mass is 16.5. The fraction of sp³-hybridized carbons (Fsp3) is 0.600. The third-order valence-electron chi connectivity index (χ3n) is 6.20. The summed E-state index contributed by atoms with van der Waals surface area (Å²) in [5.74, 6) is 1.37. The molecule has 0 bridgehead atoms. The molecule has 2 rings (SSSR count). The zero-order valence-corrected chi connectivity index (χ0v) is 19.3. The van der Waals surface area contributed by atoms with Gasteiger partial charge in [-0.1, -0.05) is 18.2 Å². The van der Waals surface area contributed by atoms with Crippen LogP contribution in [-0.2, 0) is 6.54 Å². The largest absolute Gasteiger partial charge is 0.493 e. The van der Waals surface area contributed by atoms with Gasteiger partial charge in [0.2, 0.25) is 0 Å². The van der Waals surface area contributed by atoms with Crippen LogP contribution in [-0.4, -0.2) is 66.4 Å². The zero-order valence-electron chi connectivity index (χ0n) is 19.3. The first kappa shape index (κ1) is 24.4. The lowest BCUT2D eigenvalue weighted by molar-refractivity contribution is 0.0667. The second kappa shape index (κ2) is 11.5. The summed E-state index contributed by atoms with van der Waals surface area (Å²) in [5.41, 5.74) is 1.29. The highest BCUT2D eigenvalue weighted by Crippen LogP contribution is 2.38. The molecule has 1 aromatic rings. The van der Waals surface area contributed by atoms with Crippen molar-refractivity contribution in [2.75, 3.05) is 33.9 Å². The molecule has 1 heterocycles. The van der Waals surface area contributed by atoms with Gasteiger partial charge in [0.1, 0.15) is 12.7 Å². The van der Waals surface area contributed by atoms with Crippen molar-refractivity contribution in [3.63, 3.8) is 0 Å². The first-order chi connectivity index (χ1) is 14.3. The number of benzene rings is 1. The van der Waals surface area contributed by atoms with Crippen molar-refractivity contribution < 1.29 is 14.6 Å². The molecule has 1 fully saturated rings. The smallest absolute Gasteiger partial charge is 0.161 e. The summed E-state index contributed by atoms with van der Waals surface area (Å²) < 4.78 is 11.5. The average molecular weight is 417 g/mol. The van der Waals surface area contributed by atoms with Crippen LogP contribution in [0.25, 0.3) is 0 Å². The van der Waals surface area contributed by atoms with Crippen LogP contribution in [0.4, 0.5) is 0 Å². The molecular formula is C25H40N2O3. The number of nitrogens with zero attached hydrogens (tertiary/aromatic N) is 2. The van der Waals surface area contributed by atoms with E-state index in [1.165, 1.54) is 18.4 Å². The van der Waals surface area contributed by atoms with Gasteiger partial charge >= 0.3 is 0 Å². The third kappa shape index (κ3) is 6.34. The molecule has 30 heavy (non-hydrogen) atoms. The lowest BCUT2D eigenvalue weighted by Gasteiger charge is -2.37. The van der Waals surface area contributed by atoms with E-state index in [0.29, 0.717) is 24.1 Å². The van der Waals surface area contributed by atoms with Crippen molar-refractivity contribution >= 4 is 0 Å². The number of likely N-dealkylation sites (tertiary alicyclic amines) is 1. The van der Waals surface area contributed by atoms with E-state index in [-0.39, 0.29) is 12.1 Å². The molecular weight excluding hydrogens is 376 g/mol. The Labute approximate surface area is 183 Å². The van der Waals surface area contributed by atoms with E-state index in [1.807, 2.05) is 31.3 Å². The van der Waals surface area contributed by atoms with Crippen LogP contribution in [0.3, 0.4) is 0 Å². The number of hydrogen-bond donors (Lipinski definition) is 1. The SMILES string of the molecule is C=CCC1(CC=C)CCCN1Cc1ccc(OC)c(OCC(O)CN(C)C(C)C)c1. The summed E-state index contributed by atoms with van der Waals surface area (Å²) in [6.45, 7) is 14.9. The highest BCUT2D eigenvalue weighted by Gasteiger charge is 2.38. The Morgan fingerprint density at radius 1 is 1.23 bits per heavy atom. The molecule has 1 aromatic carbocycles. The van der Waals surface area contributed by atoms with Gasteiger partial charge in [0.25, 0.3) is 0 Å². The average Bonchev–Trinajstić information content (AvgIpc) is 3.08. The van der Waals surface area contributed by atoms with Crippen molar-refractivity contribution in [2.24, 2.45) is 0 Å². The molecule has 168 valence electrons. The number of hydrogen-bond acceptors (Lipinski definition) is 5. The summed E-state index contributed by atoms with van der Waals surface area (Å²) in [6, 6.07) is 6.47. The quantitative estimate of drug-likeness (QED) is 0.487. The Morgan fingerprint density at radius 3 is 2.53 bits per heavy atom. The number of aliphatic hydroxyl groups is 1. The van der Waals surface area contributed by atoms with Gasteiger partial charge in [-0.05, 0) is 70.8 Å². The Morgan fingerprint density at radius 2 is 1.93 bits per heavy atom. The second-order valence-corrected chi connectivity index (χ2v) is 8.72. The van der Waals surface area contributed by atoms with Gasteiger partial charge in [-0.3, -0.25) is 4.90 Å². The monoisotopic (exact) mass is 416 g/mol. The number of likely N-dealkylation sites (N-methyl/N-ethyl adjacent to an activating group) is 1. The molecule has 0 radical (unpaired) electrons. The maximum atomic E-state index is 10.3. The minimum absolute atomic E-state index is 0.113. The van der Waals surface area contributed by atoms with Crippen LogP contribution in [0.1, 0.15) is 45.1 Å². The number of aliphatic hydroxyl groups excluding tert-OH is 1. The van der Waals surface area contributed by atoms with Crippen molar-refractivity contribution in [1.29, 1.82) is 0 Å². The first-order valence-corrected chi connectivity index (χ1v) is 11.0. The molecule has 5 heteroatoms. The van der Waals surface area contributed by atoms with Crippen molar-refractivity contribution in [1.82, 2.24) is 9.80 Å². The molecule has 1 saturated heterocycles. The van der Waals surface area contributed by atoms with Crippen molar-refractivity contribution in [2.45, 2.75) is 63.8 Å². The summed E-state index contributed by atoms with van der Waals surface area (Å²) in [5, 5.41) is 10.3. The van der Waals surface area contributed by atoms with Crippen LogP contribution < -0.4 is 9.47 Å². The van der Waals surface area contributed by atoms with E-state index in [0.717, 1.165) is 25.9 Å². The zero-order chi connectivity index (χ0) is 22.1. The van der Waals surface area contributed by atoms with Crippen LogP contribution in [0, 0.1) is 0 Å². The summed E-state index contributed by atoms with van der Waals surface area (Å²) >= 11 is 0. The lowest BCUT2D eigenvalue weighted by atomic mass is 9.88. The van der Waals surface area contributed by atoms with Gasteiger partial charge in [0, 0.05) is 24.7 Å². The number of rotatable bonds is 13. The van der Waals surface area contributed by atoms with Gasteiger partial charge in [-0.15, -0.1) is 13.2 Å². The number of ether oxygens (including phenoxy) is 2. The maximum absolute atomic E-state index is 10.3. The molecule has 1 aliphatic rings. The molecule has 1 aliphatic heterocycles. The summed E-state index contributed by atoms with van der Waals surface area (Å²) in [4.78, 5) is 4.66. The molecule has 1 unspecified atom stereocenters. The van der Waals surface area contributed by atoms with Gasteiger partial charge in [0.15, 0.2) is 11.5 Å². The second-order valence-electron chi connectivity index (χ2n) is 8.72. The first-order valence-electron chi connectivity index (χ1n) is 11.0. The van der Waals surface area contributed by atoms with Crippen molar-refractivity contribution in [3.05, 3.63) is 49.1 Å². The Kier molecular flexibility index (Phi) is 9.40. The summed E-state index contributed by atoms with van der Waals surface area (Å²) in [7, 11) is 3.65. The standard InChI is InChI=1S/C25H40N2O3/c1-7-12-25(13-8-2)14-9-15-27(25)17-21-10-11-23(29-6)24(16-21)30-19-22(28)18-26(5)20(3)4/h7-8,10-11,16,20,22,28H,1-2,9,12-15,17-19H2,3-6H3. The van der Waals surface area contributed by atoms with E-state index in [9.17, 15) is 5.11 Å². The predicted octanol–water partition coefficient (Wildman–Crippen LogP) is 4.26. The molecule has 0 amide bonds. The molecule has 0 aromatic heterocycles. The van der Waals surface area contributed by atoms with Gasteiger partial charge < -0.3 is 19.5 Å². The van der Waals surface area contributed by atoms with E-state index in [1.54, 1.807) is 7.11 Å².